The maximum absolute atomic E-state index is 12.7. The van der Waals surface area contributed by atoms with Crippen LogP contribution in [0.5, 0.6) is 5.75 Å². The number of nitrogens with one attached hydrogen (secondary N) is 1. The van der Waals surface area contributed by atoms with Gasteiger partial charge < -0.3 is 9.84 Å². The molecule has 1 heterocycles. The van der Waals surface area contributed by atoms with Crippen molar-refractivity contribution >= 4 is 67.9 Å². The molecular weight excluding hydrogens is 472 g/mol. The lowest BCUT2D eigenvalue weighted by Gasteiger charge is -2.16. The molecule has 0 spiro atoms. The van der Waals surface area contributed by atoms with Crippen molar-refractivity contribution in [3.05, 3.63) is 64.0 Å². The van der Waals surface area contributed by atoms with Crippen LogP contribution in [-0.4, -0.2) is 41.3 Å². The van der Waals surface area contributed by atoms with Crippen LogP contribution in [0.25, 0.3) is 6.08 Å². The molecule has 30 heavy (non-hydrogen) atoms. The fourth-order valence-corrected chi connectivity index (χ4v) is 4.77. The number of ether oxygens (including phenoxy) is 1. The summed E-state index contributed by atoms with van der Waals surface area (Å²) in [6, 6.07) is 11.9. The Hall–Kier alpha value is -2.44. The molecule has 1 fully saturated rings. The summed E-state index contributed by atoms with van der Waals surface area (Å²) in [5.41, 5.74) is 0.444. The number of carboxylic acids is 1. The number of para-hydroxylation sites is 1. The molecule has 0 aromatic heterocycles. The Kier molecular flexibility index (Phi) is 6.78. The van der Waals surface area contributed by atoms with Gasteiger partial charge in [-0.3, -0.25) is 4.79 Å². The number of carboxylic acid groups (broad SMARTS) is 1. The minimum atomic E-state index is -4.07. The first-order valence-electron chi connectivity index (χ1n) is 8.17. The van der Waals surface area contributed by atoms with Crippen molar-refractivity contribution in [3.8, 4) is 5.75 Å². The van der Waals surface area contributed by atoms with Gasteiger partial charge in [0, 0.05) is 10.6 Å². The number of carbonyl (C=O) groups is 2. The van der Waals surface area contributed by atoms with E-state index in [1.807, 2.05) is 0 Å². The minimum absolute atomic E-state index is 0.00674. The summed E-state index contributed by atoms with van der Waals surface area (Å²) in [6.07, 6.45) is 1.45. The molecule has 1 aliphatic heterocycles. The number of hydrogen-bond acceptors (Lipinski definition) is 7. The molecule has 0 radical (unpaired) electrons. The van der Waals surface area contributed by atoms with Crippen molar-refractivity contribution in [2.24, 2.45) is 0 Å². The standard InChI is InChI=1S/C18H13ClN2O6S3/c19-12-5-7-13(8-6-12)30(25,26)20-21-17(24)15(29-18(21)28)9-11-3-1-2-4-14(11)27-10-16(22)23/h1-9,20H,10H2,(H,22,23)/b15-9+. The van der Waals surface area contributed by atoms with Crippen molar-refractivity contribution in [2.75, 3.05) is 6.61 Å². The molecule has 0 unspecified atom stereocenters. The van der Waals surface area contributed by atoms with Gasteiger partial charge in [-0.25, -0.2) is 18.2 Å². The fourth-order valence-electron chi connectivity index (χ4n) is 2.34. The van der Waals surface area contributed by atoms with Gasteiger partial charge in [-0.1, -0.05) is 53.8 Å². The lowest BCUT2D eigenvalue weighted by molar-refractivity contribution is -0.139. The summed E-state index contributed by atoms with van der Waals surface area (Å²) < 4.78 is 30.3. The fraction of sp³-hybridized carbons (Fsp3) is 0.0556. The highest BCUT2D eigenvalue weighted by Crippen LogP contribution is 2.33. The maximum atomic E-state index is 12.7. The summed E-state index contributed by atoms with van der Waals surface area (Å²) in [6.45, 7) is -0.549. The van der Waals surface area contributed by atoms with Crippen LogP contribution in [0.15, 0.2) is 58.3 Å². The van der Waals surface area contributed by atoms with E-state index in [1.54, 1.807) is 24.3 Å². The number of aliphatic carboxylic acids is 1. The third kappa shape index (κ3) is 5.18. The first kappa shape index (κ1) is 22.2. The van der Waals surface area contributed by atoms with Gasteiger partial charge in [-0.05, 0) is 36.4 Å². The van der Waals surface area contributed by atoms with E-state index in [0.717, 1.165) is 16.8 Å². The molecule has 0 saturated carbocycles. The SMILES string of the molecule is O=C(O)COc1ccccc1/C=C1/SC(=S)N(NS(=O)(=O)c2ccc(Cl)cc2)C1=O. The summed E-state index contributed by atoms with van der Waals surface area (Å²) in [4.78, 5) is 25.7. The van der Waals surface area contributed by atoms with E-state index in [-0.39, 0.29) is 19.9 Å². The zero-order chi connectivity index (χ0) is 21.9. The summed E-state index contributed by atoms with van der Waals surface area (Å²) in [7, 11) is -4.07. The number of carbonyl (C=O) groups excluding carboxylic acids is 1. The van der Waals surface area contributed by atoms with Gasteiger partial charge in [0.05, 0.1) is 9.80 Å². The van der Waals surface area contributed by atoms with E-state index in [0.29, 0.717) is 10.6 Å². The maximum Gasteiger partial charge on any atom is 0.341 e. The van der Waals surface area contributed by atoms with Crippen LogP contribution >= 0.6 is 35.6 Å². The van der Waals surface area contributed by atoms with E-state index in [1.165, 1.54) is 30.3 Å². The van der Waals surface area contributed by atoms with E-state index in [9.17, 15) is 18.0 Å². The highest BCUT2D eigenvalue weighted by atomic mass is 35.5. The van der Waals surface area contributed by atoms with E-state index in [2.05, 4.69) is 4.83 Å². The van der Waals surface area contributed by atoms with Gasteiger partial charge in [-0.2, -0.15) is 0 Å². The molecule has 3 rings (SSSR count). The van der Waals surface area contributed by atoms with Crippen molar-refractivity contribution in [1.29, 1.82) is 0 Å². The number of hydrogen-bond donors (Lipinski definition) is 2. The molecule has 0 aliphatic carbocycles. The second-order valence-corrected chi connectivity index (χ2v) is 9.56. The molecule has 1 aliphatic rings. The molecule has 8 nitrogen and oxygen atoms in total. The van der Waals surface area contributed by atoms with Gasteiger partial charge in [0.25, 0.3) is 15.9 Å². The average Bonchev–Trinajstić information content (AvgIpc) is 2.94. The van der Waals surface area contributed by atoms with E-state index < -0.39 is 28.5 Å². The Morgan fingerprint density at radius 1 is 1.23 bits per heavy atom. The second kappa shape index (κ2) is 9.14. The van der Waals surface area contributed by atoms with Gasteiger partial charge >= 0.3 is 5.97 Å². The van der Waals surface area contributed by atoms with E-state index in [4.69, 9.17) is 33.7 Å². The van der Waals surface area contributed by atoms with Gasteiger partial charge in [-0.15, -0.1) is 4.83 Å². The minimum Gasteiger partial charge on any atom is -0.481 e. The monoisotopic (exact) mass is 484 g/mol. The first-order chi connectivity index (χ1) is 14.2. The van der Waals surface area contributed by atoms with Gasteiger partial charge in [0.15, 0.2) is 10.9 Å². The van der Waals surface area contributed by atoms with Crippen molar-refractivity contribution in [3.63, 3.8) is 0 Å². The quantitative estimate of drug-likeness (QED) is 0.455. The van der Waals surface area contributed by atoms with Crippen molar-refractivity contribution in [2.45, 2.75) is 4.90 Å². The summed E-state index contributed by atoms with van der Waals surface area (Å²) >= 11 is 11.8. The number of nitrogens with zero attached hydrogens (tertiary/aromatic N) is 1. The van der Waals surface area contributed by atoms with Crippen LogP contribution in [0.4, 0.5) is 0 Å². The predicted octanol–water partition coefficient (Wildman–Crippen LogP) is 2.90. The Morgan fingerprint density at radius 2 is 1.90 bits per heavy atom. The molecule has 156 valence electrons. The van der Waals surface area contributed by atoms with E-state index >= 15 is 0 Å². The number of hydrazine groups is 1. The zero-order valence-electron chi connectivity index (χ0n) is 14.9. The molecule has 1 saturated heterocycles. The topological polar surface area (TPSA) is 113 Å². The smallest absolute Gasteiger partial charge is 0.341 e. The largest absolute Gasteiger partial charge is 0.481 e. The highest BCUT2D eigenvalue weighted by molar-refractivity contribution is 8.26. The van der Waals surface area contributed by atoms with Crippen molar-refractivity contribution in [1.82, 2.24) is 9.84 Å². The van der Waals surface area contributed by atoms with Crippen LogP contribution in [0.3, 0.4) is 0 Å². The number of halogens is 1. The number of sulfonamides is 1. The molecule has 1 amide bonds. The number of thioether (sulfide) groups is 1. The average molecular weight is 485 g/mol. The lowest BCUT2D eigenvalue weighted by Crippen LogP contribution is -2.44. The molecule has 2 N–H and O–H groups in total. The van der Waals surface area contributed by atoms with Crippen LogP contribution in [0.1, 0.15) is 5.56 Å². The molecule has 0 atom stereocenters. The van der Waals surface area contributed by atoms with Gasteiger partial charge in [0.2, 0.25) is 0 Å². The number of rotatable bonds is 7. The summed E-state index contributed by atoms with van der Waals surface area (Å²) in [5.74, 6) is -1.56. The molecule has 12 heteroatoms. The Bertz CT molecular complexity index is 1150. The Labute approximate surface area is 186 Å². The summed E-state index contributed by atoms with van der Waals surface area (Å²) in [5, 5.41) is 9.91. The van der Waals surface area contributed by atoms with Crippen LogP contribution in [0.2, 0.25) is 5.02 Å². The second-order valence-electron chi connectivity index (χ2n) is 5.79. The molecule has 2 aromatic carbocycles. The Balaban J connectivity index is 1.83. The normalized spacial score (nSPS) is 15.6. The van der Waals surface area contributed by atoms with Crippen LogP contribution in [0, 0.1) is 0 Å². The number of benzene rings is 2. The number of amides is 1. The molecular formula is C18H13ClN2O6S3. The van der Waals surface area contributed by atoms with Crippen LogP contribution < -0.4 is 9.57 Å². The third-order valence-electron chi connectivity index (χ3n) is 3.69. The predicted molar refractivity (Wildman–Crippen MR) is 116 cm³/mol. The van der Waals surface area contributed by atoms with Crippen molar-refractivity contribution < 1.29 is 27.9 Å². The Morgan fingerprint density at radius 3 is 2.57 bits per heavy atom. The first-order valence-corrected chi connectivity index (χ1v) is 11.3. The third-order valence-corrected chi connectivity index (χ3v) is 6.56. The lowest BCUT2D eigenvalue weighted by atomic mass is 10.2. The molecule has 0 bridgehead atoms. The van der Waals surface area contributed by atoms with Gasteiger partial charge in [0.1, 0.15) is 5.75 Å². The van der Waals surface area contributed by atoms with Crippen LogP contribution in [-0.2, 0) is 19.6 Å². The highest BCUT2D eigenvalue weighted by Gasteiger charge is 2.35. The molecule has 2 aromatic rings. The number of thiocarbonyl (C=S) groups is 1. The zero-order valence-corrected chi connectivity index (χ0v) is 18.1.